The van der Waals surface area contributed by atoms with Gasteiger partial charge in [-0.2, -0.15) is 12.6 Å². The second kappa shape index (κ2) is 7.91. The van der Waals surface area contributed by atoms with E-state index < -0.39 is 29.9 Å². The van der Waals surface area contributed by atoms with Gasteiger partial charge in [0.2, 0.25) is 5.91 Å². The number of carbonyl (C=O) groups excluding carboxylic acids is 1. The Labute approximate surface area is 123 Å². The van der Waals surface area contributed by atoms with Crippen molar-refractivity contribution in [2.24, 2.45) is 5.92 Å². The lowest BCUT2D eigenvalue weighted by Gasteiger charge is -2.21. The summed E-state index contributed by atoms with van der Waals surface area (Å²) < 4.78 is 0. The van der Waals surface area contributed by atoms with Crippen LogP contribution in [0.2, 0.25) is 0 Å². The Morgan fingerprint density at radius 1 is 1.30 bits per heavy atom. The molecule has 0 aromatic heterocycles. The molecule has 6 heteroatoms. The lowest BCUT2D eigenvalue weighted by Crippen LogP contribution is -2.50. The molecule has 0 aliphatic carbocycles. The molecule has 1 aromatic carbocycles. The summed E-state index contributed by atoms with van der Waals surface area (Å²) in [5.74, 6) is -1.82. The van der Waals surface area contributed by atoms with Crippen LogP contribution in [0.15, 0.2) is 30.3 Å². The monoisotopic (exact) mass is 297 g/mol. The van der Waals surface area contributed by atoms with Gasteiger partial charge >= 0.3 is 5.97 Å². The second-order valence-corrected chi connectivity index (χ2v) is 5.00. The van der Waals surface area contributed by atoms with Crippen molar-refractivity contribution in [3.05, 3.63) is 35.9 Å². The van der Waals surface area contributed by atoms with E-state index in [0.717, 1.165) is 5.56 Å². The lowest BCUT2D eigenvalue weighted by molar-refractivity contribution is -0.145. The molecule has 110 valence electrons. The number of carboxylic acids is 1. The minimum atomic E-state index is -1.30. The number of rotatable bonds is 7. The lowest BCUT2D eigenvalue weighted by atomic mass is 9.99. The van der Waals surface area contributed by atoms with Crippen LogP contribution >= 0.6 is 12.6 Å². The summed E-state index contributed by atoms with van der Waals surface area (Å²) in [7, 11) is 0. The first-order chi connectivity index (χ1) is 9.45. The number of benzene rings is 1. The third-order valence-electron chi connectivity index (χ3n) is 2.96. The zero-order valence-corrected chi connectivity index (χ0v) is 12.1. The average Bonchev–Trinajstić information content (AvgIpc) is 2.42. The highest BCUT2D eigenvalue weighted by molar-refractivity contribution is 7.80. The predicted molar refractivity (Wildman–Crippen MR) is 78.7 cm³/mol. The van der Waals surface area contributed by atoms with Crippen molar-refractivity contribution in [2.45, 2.75) is 25.5 Å². The maximum absolute atomic E-state index is 12.1. The predicted octanol–water partition coefficient (Wildman–Crippen LogP) is 0.725. The maximum atomic E-state index is 12.1. The van der Waals surface area contributed by atoms with E-state index in [0.29, 0.717) is 12.2 Å². The maximum Gasteiger partial charge on any atom is 0.328 e. The number of hydrogen-bond donors (Lipinski definition) is 4. The fourth-order valence-electron chi connectivity index (χ4n) is 1.80. The number of aliphatic carboxylic acids is 1. The van der Waals surface area contributed by atoms with E-state index in [-0.39, 0.29) is 0 Å². The van der Waals surface area contributed by atoms with Gasteiger partial charge in [-0.1, -0.05) is 30.3 Å². The first-order valence-corrected chi connectivity index (χ1v) is 6.95. The Balaban J connectivity index is 2.69. The van der Waals surface area contributed by atoms with Gasteiger partial charge in [0.05, 0.1) is 12.0 Å². The minimum absolute atomic E-state index is 0.298. The van der Waals surface area contributed by atoms with Crippen LogP contribution in [-0.2, 0) is 16.0 Å². The van der Waals surface area contributed by atoms with Crippen LogP contribution in [0.25, 0.3) is 0 Å². The van der Waals surface area contributed by atoms with E-state index in [9.17, 15) is 14.7 Å². The molecule has 20 heavy (non-hydrogen) atoms. The Morgan fingerprint density at radius 2 is 1.90 bits per heavy atom. The molecule has 1 aromatic rings. The van der Waals surface area contributed by atoms with Crippen molar-refractivity contribution in [1.29, 1.82) is 0 Å². The smallest absolute Gasteiger partial charge is 0.328 e. The number of nitrogens with one attached hydrogen (secondary N) is 1. The summed E-state index contributed by atoms with van der Waals surface area (Å²) in [5, 5.41) is 20.7. The molecule has 0 saturated carbocycles. The molecular formula is C14H19NO4S. The summed E-state index contributed by atoms with van der Waals surface area (Å²) in [6, 6.07) is 8.12. The Bertz CT molecular complexity index is 450. The normalized spacial score (nSPS) is 15.2. The van der Waals surface area contributed by atoms with Crippen LogP contribution in [0.5, 0.6) is 0 Å². The standard InChI is InChI=1S/C14H19NO4S/c1-9(16)12(14(18)19)15-13(17)11(8-20)7-10-5-3-2-4-6-10/h2-6,9,11-12,16,20H,7-8H2,1H3,(H,15,17)(H,18,19)/t9-,11-,12+/m1/s1. The summed E-state index contributed by atoms with van der Waals surface area (Å²) in [6.45, 7) is 1.33. The number of hydrogen-bond acceptors (Lipinski definition) is 4. The number of thiol groups is 1. The SMILES string of the molecule is C[C@@H](O)[C@H](NC(=O)[C@@H](CS)Cc1ccccc1)C(=O)O. The molecule has 0 spiro atoms. The van der Waals surface area contributed by atoms with Crippen molar-refractivity contribution in [3.63, 3.8) is 0 Å². The quantitative estimate of drug-likeness (QED) is 0.559. The van der Waals surface area contributed by atoms with Crippen LogP contribution in [-0.4, -0.2) is 40.0 Å². The Morgan fingerprint density at radius 3 is 2.35 bits per heavy atom. The number of carboxylic acid groups (broad SMARTS) is 1. The Kier molecular flexibility index (Phi) is 6.54. The minimum Gasteiger partial charge on any atom is -0.480 e. The molecule has 0 fully saturated rings. The van der Waals surface area contributed by atoms with Gasteiger partial charge in [-0.3, -0.25) is 4.79 Å². The molecule has 0 aliphatic heterocycles. The molecule has 0 radical (unpaired) electrons. The highest BCUT2D eigenvalue weighted by Gasteiger charge is 2.28. The highest BCUT2D eigenvalue weighted by atomic mass is 32.1. The van der Waals surface area contributed by atoms with Gasteiger partial charge in [-0.15, -0.1) is 0 Å². The van der Waals surface area contributed by atoms with Gasteiger partial charge < -0.3 is 15.5 Å². The average molecular weight is 297 g/mol. The number of aliphatic hydroxyl groups excluding tert-OH is 1. The Hall–Kier alpha value is -1.53. The molecule has 1 amide bonds. The summed E-state index contributed by atoms with van der Waals surface area (Å²) >= 11 is 4.14. The molecule has 1 rings (SSSR count). The van der Waals surface area contributed by atoms with E-state index in [1.165, 1.54) is 6.92 Å². The fourth-order valence-corrected chi connectivity index (χ4v) is 2.09. The van der Waals surface area contributed by atoms with E-state index >= 15 is 0 Å². The van der Waals surface area contributed by atoms with Crippen molar-refractivity contribution >= 4 is 24.5 Å². The van der Waals surface area contributed by atoms with Crippen LogP contribution < -0.4 is 5.32 Å². The molecule has 0 heterocycles. The molecule has 5 nitrogen and oxygen atoms in total. The molecule has 0 bridgehead atoms. The molecule has 0 unspecified atom stereocenters. The van der Waals surface area contributed by atoms with E-state index in [1.54, 1.807) is 0 Å². The molecular weight excluding hydrogens is 278 g/mol. The zero-order chi connectivity index (χ0) is 15.1. The van der Waals surface area contributed by atoms with Gasteiger partial charge in [-0.05, 0) is 18.9 Å². The van der Waals surface area contributed by atoms with E-state index in [1.807, 2.05) is 30.3 Å². The van der Waals surface area contributed by atoms with Crippen LogP contribution in [0.1, 0.15) is 12.5 Å². The number of amides is 1. The van der Waals surface area contributed by atoms with Gasteiger partial charge in [-0.25, -0.2) is 4.79 Å². The molecule has 3 N–H and O–H groups in total. The van der Waals surface area contributed by atoms with Crippen LogP contribution in [0, 0.1) is 5.92 Å². The zero-order valence-electron chi connectivity index (χ0n) is 11.2. The van der Waals surface area contributed by atoms with Crippen molar-refractivity contribution in [2.75, 3.05) is 5.75 Å². The summed E-state index contributed by atoms with van der Waals surface area (Å²) in [6.07, 6.45) is -0.684. The van der Waals surface area contributed by atoms with Crippen LogP contribution in [0.3, 0.4) is 0 Å². The fraction of sp³-hybridized carbons (Fsp3) is 0.429. The first kappa shape index (κ1) is 16.5. The molecule has 0 aliphatic rings. The molecule has 0 saturated heterocycles. The van der Waals surface area contributed by atoms with Crippen LogP contribution in [0.4, 0.5) is 0 Å². The summed E-state index contributed by atoms with van der Waals surface area (Å²) in [5.41, 5.74) is 0.977. The van der Waals surface area contributed by atoms with Crippen molar-refractivity contribution in [1.82, 2.24) is 5.32 Å². The van der Waals surface area contributed by atoms with E-state index in [4.69, 9.17) is 5.11 Å². The number of carbonyl (C=O) groups is 2. The van der Waals surface area contributed by atoms with E-state index in [2.05, 4.69) is 17.9 Å². The van der Waals surface area contributed by atoms with Gasteiger partial charge in [0.25, 0.3) is 0 Å². The number of aliphatic hydroxyl groups is 1. The van der Waals surface area contributed by atoms with Crippen molar-refractivity contribution < 1.29 is 19.8 Å². The third-order valence-corrected chi connectivity index (χ3v) is 3.40. The molecule has 3 atom stereocenters. The van der Waals surface area contributed by atoms with Gasteiger partial charge in [0, 0.05) is 5.75 Å². The first-order valence-electron chi connectivity index (χ1n) is 6.31. The van der Waals surface area contributed by atoms with Gasteiger partial charge in [0.1, 0.15) is 0 Å². The van der Waals surface area contributed by atoms with Gasteiger partial charge in [0.15, 0.2) is 6.04 Å². The van der Waals surface area contributed by atoms with Crippen molar-refractivity contribution in [3.8, 4) is 0 Å². The third kappa shape index (κ3) is 4.86. The largest absolute Gasteiger partial charge is 0.480 e. The second-order valence-electron chi connectivity index (χ2n) is 4.63. The summed E-state index contributed by atoms with van der Waals surface area (Å²) in [4.78, 5) is 23.0. The highest BCUT2D eigenvalue weighted by Crippen LogP contribution is 2.11. The topological polar surface area (TPSA) is 86.6 Å².